The van der Waals surface area contributed by atoms with E-state index < -0.39 is 12.0 Å². The number of halogens is 3. The number of hydrogen-bond donors (Lipinski definition) is 2. The molecular weight excluding hydrogens is 438 g/mol. The Morgan fingerprint density at radius 1 is 1.25 bits per heavy atom. The van der Waals surface area contributed by atoms with Crippen molar-refractivity contribution in [1.82, 2.24) is 10.2 Å². The second-order valence-corrected chi connectivity index (χ2v) is 8.74. The van der Waals surface area contributed by atoms with Crippen LogP contribution in [0.5, 0.6) is 5.75 Å². The topological polar surface area (TPSA) is 77.8 Å². The van der Waals surface area contributed by atoms with Crippen molar-refractivity contribution in [1.29, 1.82) is 5.41 Å². The minimum atomic E-state index is -0.835. The smallest absolute Gasteiger partial charge is 0.258 e. The average Bonchev–Trinajstić information content (AvgIpc) is 3.14. The summed E-state index contributed by atoms with van der Waals surface area (Å²) in [6, 6.07) is 3.81. The number of likely N-dealkylation sites (tertiary alicyclic amines) is 1. The number of nitrogens with one attached hydrogen (secondary N) is 2. The van der Waals surface area contributed by atoms with Crippen LogP contribution >= 0.6 is 11.6 Å². The molecule has 9 heteroatoms. The number of carbonyl (C=O) groups excluding carboxylic acids is 1. The van der Waals surface area contributed by atoms with Gasteiger partial charge in [0.25, 0.3) is 5.91 Å². The van der Waals surface area contributed by atoms with E-state index >= 15 is 0 Å². The first kappa shape index (κ1) is 22.5. The van der Waals surface area contributed by atoms with Gasteiger partial charge < -0.3 is 20.4 Å². The van der Waals surface area contributed by atoms with Crippen LogP contribution in [0, 0.1) is 11.2 Å². The minimum Gasteiger partial charge on any atom is -0.489 e. The molecule has 1 saturated carbocycles. The van der Waals surface area contributed by atoms with Crippen LogP contribution in [-0.4, -0.2) is 47.6 Å². The molecule has 1 amide bonds. The lowest BCUT2D eigenvalue weighted by molar-refractivity contribution is 0.0784. The summed E-state index contributed by atoms with van der Waals surface area (Å²) in [6.07, 6.45) is 0.748. The fraction of sp³-hybridized carbons (Fsp3) is 0.435. The van der Waals surface area contributed by atoms with Gasteiger partial charge in [-0.05, 0) is 51.7 Å². The fourth-order valence-electron chi connectivity index (χ4n) is 4.14. The number of benzene rings is 1. The number of nitrogens with zero attached hydrogens (tertiary/aromatic N) is 2. The van der Waals surface area contributed by atoms with Gasteiger partial charge >= 0.3 is 0 Å². The van der Waals surface area contributed by atoms with Gasteiger partial charge in [-0.1, -0.05) is 11.6 Å². The van der Waals surface area contributed by atoms with Crippen LogP contribution in [-0.2, 0) is 0 Å². The molecule has 0 spiro atoms. The van der Waals surface area contributed by atoms with E-state index in [4.69, 9.17) is 21.7 Å². The van der Waals surface area contributed by atoms with Crippen molar-refractivity contribution >= 4 is 28.9 Å². The fourth-order valence-corrected chi connectivity index (χ4v) is 4.23. The van der Waals surface area contributed by atoms with Gasteiger partial charge in [0.05, 0.1) is 41.2 Å². The van der Waals surface area contributed by atoms with Crippen molar-refractivity contribution in [3.63, 3.8) is 0 Å². The van der Waals surface area contributed by atoms with Crippen molar-refractivity contribution in [3.8, 4) is 5.75 Å². The first-order valence-corrected chi connectivity index (χ1v) is 11.0. The Labute approximate surface area is 190 Å². The molecule has 0 unspecified atom stereocenters. The second-order valence-electron chi connectivity index (χ2n) is 8.36. The van der Waals surface area contributed by atoms with E-state index in [0.29, 0.717) is 47.8 Å². The van der Waals surface area contributed by atoms with E-state index in [1.807, 2.05) is 6.92 Å². The first-order chi connectivity index (χ1) is 15.2. The Bertz CT molecular complexity index is 1060. The van der Waals surface area contributed by atoms with Crippen LogP contribution in [0.15, 0.2) is 45.3 Å². The SMILES string of the molecule is CC1=N/C(=C2\CN(C(=O)c3ccc(F)cc3O[C@H]3CC[C@@H](F)CC3)CC2=N)NC(C)=C1Cl. The third kappa shape index (κ3) is 4.55. The number of alkyl halides is 1. The first-order valence-electron chi connectivity index (χ1n) is 10.6. The molecule has 2 aliphatic heterocycles. The summed E-state index contributed by atoms with van der Waals surface area (Å²) < 4.78 is 33.3. The highest BCUT2D eigenvalue weighted by molar-refractivity contribution is 6.43. The lowest BCUT2D eigenvalue weighted by Gasteiger charge is -2.26. The number of allylic oxidation sites excluding steroid dienone is 2. The Morgan fingerprint density at radius 3 is 2.66 bits per heavy atom. The molecule has 0 atom stereocenters. The lowest BCUT2D eigenvalue weighted by atomic mass is 9.96. The Hall–Kier alpha value is -2.74. The van der Waals surface area contributed by atoms with E-state index in [9.17, 15) is 13.6 Å². The van der Waals surface area contributed by atoms with Crippen LogP contribution in [0.2, 0.25) is 0 Å². The van der Waals surface area contributed by atoms with Crippen molar-refractivity contribution in [2.24, 2.45) is 4.99 Å². The van der Waals surface area contributed by atoms with Gasteiger partial charge in [-0.3, -0.25) is 4.79 Å². The number of amides is 1. The summed E-state index contributed by atoms with van der Waals surface area (Å²) in [4.78, 5) is 19.2. The van der Waals surface area contributed by atoms with E-state index in [-0.39, 0.29) is 42.1 Å². The maximum absolute atomic E-state index is 13.9. The standard InChI is InChI=1S/C23H25ClF2N4O2/c1-12-21(24)13(2)29-22(28-12)18-10-30(11-19(18)27)23(31)17-8-5-15(26)9-20(17)32-16-6-3-14(25)4-7-16/h5,8-9,14,16,27-28H,3-4,6-7,10-11H2,1-2H3/b22-18+,27-19?/t14-,16+. The Balaban J connectivity index is 1.55. The predicted octanol–water partition coefficient (Wildman–Crippen LogP) is 4.71. The third-order valence-corrected chi connectivity index (χ3v) is 6.50. The summed E-state index contributed by atoms with van der Waals surface area (Å²) in [5.74, 6) is -0.215. The third-order valence-electron chi connectivity index (χ3n) is 5.94. The Morgan fingerprint density at radius 2 is 1.97 bits per heavy atom. The lowest BCUT2D eigenvalue weighted by Crippen LogP contribution is -2.30. The van der Waals surface area contributed by atoms with Crippen LogP contribution in [0.3, 0.4) is 0 Å². The number of rotatable bonds is 3. The number of aliphatic imine (C=N–C) groups is 1. The quantitative estimate of drug-likeness (QED) is 0.683. The van der Waals surface area contributed by atoms with Crippen molar-refractivity contribution < 1.29 is 18.3 Å². The van der Waals surface area contributed by atoms with Gasteiger partial charge in [-0.25, -0.2) is 13.8 Å². The monoisotopic (exact) mass is 462 g/mol. The summed E-state index contributed by atoms with van der Waals surface area (Å²) in [7, 11) is 0. The van der Waals surface area contributed by atoms with Crippen molar-refractivity contribution in [2.45, 2.75) is 51.8 Å². The molecule has 0 radical (unpaired) electrons. The molecule has 170 valence electrons. The van der Waals surface area contributed by atoms with Crippen molar-refractivity contribution in [2.75, 3.05) is 13.1 Å². The predicted molar refractivity (Wildman–Crippen MR) is 120 cm³/mol. The molecule has 2 N–H and O–H groups in total. The molecule has 4 rings (SSSR count). The van der Waals surface area contributed by atoms with E-state index in [1.165, 1.54) is 23.1 Å². The van der Waals surface area contributed by atoms with E-state index in [1.54, 1.807) is 6.92 Å². The zero-order chi connectivity index (χ0) is 23.0. The van der Waals surface area contributed by atoms with E-state index in [2.05, 4.69) is 10.3 Å². The molecule has 32 heavy (non-hydrogen) atoms. The van der Waals surface area contributed by atoms with Crippen LogP contribution in [0.25, 0.3) is 0 Å². The molecule has 2 heterocycles. The van der Waals surface area contributed by atoms with Crippen LogP contribution in [0.4, 0.5) is 8.78 Å². The van der Waals surface area contributed by atoms with Gasteiger partial charge in [-0.2, -0.15) is 0 Å². The molecule has 0 bridgehead atoms. The Kier molecular flexibility index (Phi) is 6.33. The van der Waals surface area contributed by atoms with Crippen LogP contribution in [0.1, 0.15) is 49.9 Å². The number of carbonyl (C=O) groups is 1. The summed E-state index contributed by atoms with van der Waals surface area (Å²) in [6.45, 7) is 3.90. The molecule has 1 aromatic carbocycles. The van der Waals surface area contributed by atoms with Gasteiger partial charge in [0.15, 0.2) is 0 Å². The molecule has 3 aliphatic rings. The highest BCUT2D eigenvalue weighted by Crippen LogP contribution is 2.30. The summed E-state index contributed by atoms with van der Waals surface area (Å²) in [5.41, 5.74) is 2.47. The molecule has 2 fully saturated rings. The highest BCUT2D eigenvalue weighted by atomic mass is 35.5. The largest absolute Gasteiger partial charge is 0.489 e. The minimum absolute atomic E-state index is 0.105. The van der Waals surface area contributed by atoms with Gasteiger partial charge in [0, 0.05) is 17.3 Å². The zero-order valence-electron chi connectivity index (χ0n) is 18.0. The number of ether oxygens (including phenoxy) is 1. The van der Waals surface area contributed by atoms with E-state index in [0.717, 1.165) is 5.70 Å². The second kappa shape index (κ2) is 9.02. The molecule has 6 nitrogen and oxygen atoms in total. The molecular formula is C23H25ClF2N4O2. The number of hydrogen-bond acceptors (Lipinski definition) is 5. The van der Waals surface area contributed by atoms with Crippen molar-refractivity contribution in [3.05, 3.63) is 51.7 Å². The van der Waals surface area contributed by atoms with Gasteiger partial charge in [-0.15, -0.1) is 0 Å². The normalized spacial score (nSPS) is 26.2. The maximum Gasteiger partial charge on any atom is 0.258 e. The summed E-state index contributed by atoms with van der Waals surface area (Å²) in [5, 5.41) is 12.0. The molecule has 1 aliphatic carbocycles. The summed E-state index contributed by atoms with van der Waals surface area (Å²) >= 11 is 6.18. The molecule has 0 aromatic heterocycles. The molecule has 1 saturated heterocycles. The maximum atomic E-state index is 13.9. The molecule has 1 aromatic rings. The zero-order valence-corrected chi connectivity index (χ0v) is 18.7. The van der Waals surface area contributed by atoms with Crippen LogP contribution < -0.4 is 10.1 Å². The van der Waals surface area contributed by atoms with Gasteiger partial charge in [0.1, 0.15) is 23.6 Å². The van der Waals surface area contributed by atoms with Gasteiger partial charge in [0.2, 0.25) is 0 Å². The highest BCUT2D eigenvalue weighted by Gasteiger charge is 2.32. The average molecular weight is 463 g/mol.